The van der Waals surface area contributed by atoms with Crippen LogP contribution in [0.5, 0.6) is 0 Å². The first kappa shape index (κ1) is 7.32. The summed E-state index contributed by atoms with van der Waals surface area (Å²) in [5.74, 6) is 2.38. The molecular formula is C5H4ClO2. The van der Waals surface area contributed by atoms with E-state index in [0.29, 0.717) is 0 Å². The molecule has 0 aliphatic carbocycles. The Bertz CT molecular complexity index is 120. The summed E-state index contributed by atoms with van der Waals surface area (Å²) < 4.78 is 3.89. The summed E-state index contributed by atoms with van der Waals surface area (Å²) in [6, 6.07) is 0. The fourth-order valence-electron chi connectivity index (χ4n) is 0.131. The fourth-order valence-corrected chi connectivity index (χ4v) is 0.176. The second-order valence-electron chi connectivity index (χ2n) is 1.05. The molecule has 0 saturated heterocycles. The van der Waals surface area contributed by atoms with Crippen molar-refractivity contribution in [2.45, 2.75) is 12.3 Å². The molecule has 0 rings (SSSR count). The smallest absolute Gasteiger partial charge is 0.364 e. The molecule has 1 unspecified atom stereocenters. The number of hydrogen-bond donors (Lipinski definition) is 0. The number of halogens is 1. The van der Waals surface area contributed by atoms with E-state index in [1.165, 1.54) is 0 Å². The van der Waals surface area contributed by atoms with Gasteiger partial charge in [0.05, 0.1) is 5.38 Å². The highest BCUT2D eigenvalue weighted by atomic mass is 35.5. The van der Waals surface area contributed by atoms with Crippen LogP contribution >= 0.6 is 11.6 Å². The van der Waals surface area contributed by atoms with E-state index in [-0.39, 0.29) is 5.38 Å². The maximum absolute atomic E-state index is 9.29. The van der Waals surface area contributed by atoms with Crippen molar-refractivity contribution in [2.24, 2.45) is 0 Å². The zero-order valence-electron chi connectivity index (χ0n) is 4.27. The topological polar surface area (TPSA) is 26.3 Å². The first-order valence-corrected chi connectivity index (χ1v) is 2.38. The monoisotopic (exact) mass is 131 g/mol. The van der Waals surface area contributed by atoms with Gasteiger partial charge in [0.25, 0.3) is 0 Å². The molecule has 0 spiro atoms. The van der Waals surface area contributed by atoms with Gasteiger partial charge in [-0.25, -0.2) is 4.79 Å². The van der Waals surface area contributed by atoms with E-state index in [1.807, 2.05) is 6.11 Å². The molecule has 3 heteroatoms. The molecule has 1 atom stereocenters. The lowest BCUT2D eigenvalue weighted by atomic mass is 10.5. The molecule has 0 saturated carbocycles. The third kappa shape index (κ3) is 5.32. The minimum Gasteiger partial charge on any atom is -0.364 e. The Hall–Kier alpha value is -0.680. The van der Waals surface area contributed by atoms with Crippen molar-refractivity contribution >= 4 is 18.1 Å². The third-order valence-corrected chi connectivity index (χ3v) is 0.460. The number of alkyl halides is 1. The number of hydrogen-bond acceptors (Lipinski definition) is 2. The van der Waals surface area contributed by atoms with Crippen LogP contribution in [0.2, 0.25) is 0 Å². The van der Waals surface area contributed by atoms with Gasteiger partial charge in [0, 0.05) is 0 Å². The summed E-state index contributed by atoms with van der Waals surface area (Å²) >= 11 is 5.33. The van der Waals surface area contributed by atoms with Crippen molar-refractivity contribution in [3.05, 3.63) is 0 Å². The SMILES string of the molecule is CC(Cl)C#CO[C]=O. The van der Waals surface area contributed by atoms with Crippen LogP contribution in [0, 0.1) is 12.0 Å². The zero-order valence-corrected chi connectivity index (χ0v) is 5.03. The lowest BCUT2D eigenvalue weighted by molar-refractivity contribution is 0.420. The number of carbonyl (C=O) groups excluding carboxylic acids is 1. The Morgan fingerprint density at radius 2 is 2.38 bits per heavy atom. The first-order valence-electron chi connectivity index (χ1n) is 1.95. The van der Waals surface area contributed by atoms with Crippen molar-refractivity contribution < 1.29 is 9.53 Å². The lowest BCUT2D eigenvalue weighted by Crippen LogP contribution is -1.82. The van der Waals surface area contributed by atoms with Gasteiger partial charge in [-0.15, -0.1) is 11.6 Å². The molecule has 43 valence electrons. The van der Waals surface area contributed by atoms with Crippen molar-refractivity contribution in [1.29, 1.82) is 0 Å². The predicted octanol–water partition coefficient (Wildman–Crippen LogP) is 0.658. The van der Waals surface area contributed by atoms with Crippen molar-refractivity contribution in [3.8, 4) is 12.0 Å². The van der Waals surface area contributed by atoms with Crippen LogP contribution in [-0.4, -0.2) is 11.8 Å². The van der Waals surface area contributed by atoms with E-state index in [1.54, 1.807) is 6.92 Å². The van der Waals surface area contributed by atoms with Gasteiger partial charge in [-0.1, -0.05) is 0 Å². The molecule has 0 aliphatic heterocycles. The molecule has 0 aromatic rings. The normalized spacial score (nSPS) is 10.8. The molecule has 0 heterocycles. The summed E-state index contributed by atoms with van der Waals surface area (Å²) in [5, 5.41) is -0.289. The van der Waals surface area contributed by atoms with Crippen LogP contribution in [0.25, 0.3) is 0 Å². The second kappa shape index (κ2) is 4.48. The zero-order chi connectivity index (χ0) is 6.41. The summed E-state index contributed by atoms with van der Waals surface area (Å²) in [6.45, 7) is 2.81. The fraction of sp³-hybridized carbons (Fsp3) is 0.400. The Morgan fingerprint density at radius 1 is 1.75 bits per heavy atom. The molecule has 0 aliphatic rings. The number of rotatable bonds is 1. The van der Waals surface area contributed by atoms with Crippen LogP contribution in [0.3, 0.4) is 0 Å². The van der Waals surface area contributed by atoms with Crippen LogP contribution in [0.4, 0.5) is 0 Å². The summed E-state index contributed by atoms with van der Waals surface area (Å²) in [6.07, 6.45) is 2.03. The molecule has 8 heavy (non-hydrogen) atoms. The van der Waals surface area contributed by atoms with Gasteiger partial charge in [-0.05, 0) is 12.8 Å². The average molecular weight is 132 g/mol. The van der Waals surface area contributed by atoms with Crippen LogP contribution in [0.1, 0.15) is 6.92 Å². The third-order valence-electron chi connectivity index (χ3n) is 0.351. The first-order chi connectivity index (χ1) is 3.77. The molecule has 0 aromatic heterocycles. The lowest BCUT2D eigenvalue weighted by Gasteiger charge is -1.80. The minimum atomic E-state index is -0.289. The van der Waals surface area contributed by atoms with E-state index < -0.39 is 0 Å². The van der Waals surface area contributed by atoms with E-state index in [2.05, 4.69) is 10.7 Å². The van der Waals surface area contributed by atoms with Gasteiger partial charge >= 0.3 is 6.47 Å². The molecule has 0 aromatic carbocycles. The summed E-state index contributed by atoms with van der Waals surface area (Å²) in [5.41, 5.74) is 0. The van der Waals surface area contributed by atoms with E-state index in [0.717, 1.165) is 6.47 Å². The van der Waals surface area contributed by atoms with Crippen molar-refractivity contribution in [1.82, 2.24) is 0 Å². The molecule has 2 nitrogen and oxygen atoms in total. The van der Waals surface area contributed by atoms with E-state index >= 15 is 0 Å². The largest absolute Gasteiger partial charge is 0.432 e. The van der Waals surface area contributed by atoms with E-state index in [4.69, 9.17) is 11.6 Å². The Labute approximate surface area is 52.8 Å². The van der Waals surface area contributed by atoms with Crippen molar-refractivity contribution in [2.75, 3.05) is 0 Å². The Morgan fingerprint density at radius 3 is 2.75 bits per heavy atom. The van der Waals surface area contributed by atoms with Crippen molar-refractivity contribution in [3.63, 3.8) is 0 Å². The maximum Gasteiger partial charge on any atom is 0.432 e. The highest BCUT2D eigenvalue weighted by Crippen LogP contribution is 1.87. The summed E-state index contributed by atoms with van der Waals surface area (Å²) in [7, 11) is 0. The molecule has 0 amide bonds. The molecule has 0 bridgehead atoms. The maximum atomic E-state index is 9.29. The van der Waals surface area contributed by atoms with Gasteiger partial charge in [0.2, 0.25) is 0 Å². The quantitative estimate of drug-likeness (QED) is 0.386. The molecule has 1 radical (unpaired) electrons. The molecule has 0 fully saturated rings. The van der Waals surface area contributed by atoms with E-state index in [9.17, 15) is 4.79 Å². The molecule has 0 N–H and O–H groups in total. The predicted molar refractivity (Wildman–Crippen MR) is 29.9 cm³/mol. The van der Waals surface area contributed by atoms with Crippen LogP contribution in [-0.2, 0) is 9.53 Å². The van der Waals surface area contributed by atoms with Crippen LogP contribution < -0.4 is 0 Å². The number of ether oxygens (including phenoxy) is 1. The van der Waals surface area contributed by atoms with Crippen LogP contribution in [0.15, 0.2) is 0 Å². The summed E-state index contributed by atoms with van der Waals surface area (Å²) in [4.78, 5) is 9.29. The highest BCUT2D eigenvalue weighted by molar-refractivity contribution is 6.22. The second-order valence-corrected chi connectivity index (χ2v) is 1.70. The van der Waals surface area contributed by atoms with Gasteiger partial charge in [-0.3, -0.25) is 0 Å². The van der Waals surface area contributed by atoms with Gasteiger partial charge < -0.3 is 4.74 Å². The van der Waals surface area contributed by atoms with Gasteiger partial charge in [0.15, 0.2) is 0 Å². The minimum absolute atomic E-state index is 0.289. The molecular weight excluding hydrogens is 128 g/mol. The average Bonchev–Trinajstić information content (AvgIpc) is 1.66. The van der Waals surface area contributed by atoms with Gasteiger partial charge in [0.1, 0.15) is 6.11 Å². The standard InChI is InChI=1S/C5H4ClO2/c1-5(6)2-3-8-4-7/h5H,1H3. The Kier molecular flexibility index (Phi) is 4.10. The highest BCUT2D eigenvalue weighted by Gasteiger charge is 1.82. The Balaban J connectivity index is 3.34. The van der Waals surface area contributed by atoms with Gasteiger partial charge in [-0.2, -0.15) is 0 Å².